The Kier molecular flexibility index (Phi) is 5.55. The number of aryl methyl sites for hydroxylation is 7. The Balaban J connectivity index is 2.44. The van der Waals surface area contributed by atoms with Gasteiger partial charge in [-0.3, -0.25) is 0 Å². The van der Waals surface area contributed by atoms with Crippen LogP contribution in [0.5, 0.6) is 11.5 Å². The lowest BCUT2D eigenvalue weighted by Crippen LogP contribution is -2.26. The largest absolute Gasteiger partial charge is 0.507 e. The van der Waals surface area contributed by atoms with Gasteiger partial charge in [0.2, 0.25) is 0 Å². The molecule has 0 bridgehead atoms. The predicted octanol–water partition coefficient (Wildman–Crippen LogP) is 5.01. The molecule has 2 nitrogen and oxygen atoms in total. The molecule has 0 amide bonds. The molecule has 3 aromatic rings. The highest BCUT2D eigenvalue weighted by atomic mass is 31.1. The third kappa shape index (κ3) is 3.66. The molecule has 0 radical (unpaired) electrons. The van der Waals surface area contributed by atoms with E-state index in [9.17, 15) is 10.2 Å². The average Bonchev–Trinajstić information content (AvgIpc) is 2.58. The van der Waals surface area contributed by atoms with Crippen LogP contribution in [-0.4, -0.2) is 10.2 Å². The van der Waals surface area contributed by atoms with Gasteiger partial charge in [-0.15, -0.1) is 0 Å². The third-order valence-corrected chi connectivity index (χ3v) is 7.99. The molecule has 0 spiro atoms. The van der Waals surface area contributed by atoms with Crippen molar-refractivity contribution >= 4 is 23.8 Å². The van der Waals surface area contributed by atoms with Crippen LogP contribution in [0.15, 0.2) is 36.4 Å². The first-order chi connectivity index (χ1) is 13.1. The summed E-state index contributed by atoms with van der Waals surface area (Å²) in [6.45, 7) is 14.4. The summed E-state index contributed by atoms with van der Waals surface area (Å²) in [5, 5.41) is 25.1. The molecule has 0 heterocycles. The first kappa shape index (κ1) is 20.4. The van der Waals surface area contributed by atoms with Crippen molar-refractivity contribution < 1.29 is 10.2 Å². The second-order valence-electron chi connectivity index (χ2n) is 7.98. The summed E-state index contributed by atoms with van der Waals surface area (Å²) in [7, 11) is -1.11. The first-order valence-corrected chi connectivity index (χ1v) is 10.9. The van der Waals surface area contributed by atoms with E-state index in [1.165, 1.54) is 22.0 Å². The second-order valence-corrected chi connectivity index (χ2v) is 10.1. The van der Waals surface area contributed by atoms with Crippen LogP contribution in [-0.2, 0) is 0 Å². The average molecular weight is 392 g/mol. The fourth-order valence-electron chi connectivity index (χ4n) is 4.11. The van der Waals surface area contributed by atoms with Crippen molar-refractivity contribution in [2.45, 2.75) is 48.5 Å². The van der Waals surface area contributed by atoms with Gasteiger partial charge in [0, 0.05) is 10.6 Å². The number of hydrogen-bond donors (Lipinski definition) is 2. The zero-order chi connectivity index (χ0) is 20.7. The van der Waals surface area contributed by atoms with E-state index in [4.69, 9.17) is 0 Å². The van der Waals surface area contributed by atoms with Gasteiger partial charge in [0.15, 0.2) is 0 Å². The molecule has 2 N–H and O–H groups in total. The van der Waals surface area contributed by atoms with Crippen LogP contribution in [0, 0.1) is 48.5 Å². The number of phenolic OH excluding ortho intramolecular Hbond substituents is 2. The summed E-state index contributed by atoms with van der Waals surface area (Å²) in [6.07, 6.45) is 0. The van der Waals surface area contributed by atoms with Crippen LogP contribution in [0.2, 0.25) is 0 Å². The molecule has 0 fully saturated rings. The molecule has 0 saturated carbocycles. The van der Waals surface area contributed by atoms with Crippen molar-refractivity contribution in [3.8, 4) is 11.5 Å². The van der Waals surface area contributed by atoms with Gasteiger partial charge in [-0.2, -0.15) is 0 Å². The third-order valence-electron chi connectivity index (χ3n) is 5.19. The molecule has 28 heavy (non-hydrogen) atoms. The number of hydrogen-bond acceptors (Lipinski definition) is 2. The van der Waals surface area contributed by atoms with Gasteiger partial charge < -0.3 is 10.2 Å². The van der Waals surface area contributed by atoms with Crippen LogP contribution in [0.1, 0.15) is 38.9 Å². The predicted molar refractivity (Wildman–Crippen MR) is 122 cm³/mol. The second kappa shape index (κ2) is 7.60. The Hall–Kier alpha value is -2.31. The first-order valence-electron chi connectivity index (χ1n) is 9.58. The highest BCUT2D eigenvalue weighted by Gasteiger charge is 2.27. The van der Waals surface area contributed by atoms with E-state index in [0.717, 1.165) is 32.9 Å². The summed E-state index contributed by atoms with van der Waals surface area (Å²) in [4.78, 5) is 0. The van der Waals surface area contributed by atoms with E-state index < -0.39 is 7.92 Å². The Morgan fingerprint density at radius 3 is 1.21 bits per heavy atom. The van der Waals surface area contributed by atoms with Crippen molar-refractivity contribution in [3.63, 3.8) is 0 Å². The summed E-state index contributed by atoms with van der Waals surface area (Å²) in [5.41, 5.74) is 7.58. The molecule has 0 saturated heterocycles. The summed E-state index contributed by atoms with van der Waals surface area (Å²) in [6, 6.07) is 12.5. The van der Waals surface area contributed by atoms with Crippen molar-refractivity contribution in [2.24, 2.45) is 0 Å². The molecule has 0 atom stereocenters. The molecule has 146 valence electrons. The lowest BCUT2D eigenvalue weighted by Gasteiger charge is -2.27. The molecule has 0 aliphatic carbocycles. The molecule has 3 heteroatoms. The molecular weight excluding hydrogens is 363 g/mol. The number of phenols is 2. The fourth-order valence-corrected chi connectivity index (χ4v) is 7.13. The Bertz CT molecular complexity index is 986. The molecule has 0 aliphatic rings. The van der Waals surface area contributed by atoms with Gasteiger partial charge in [-0.1, -0.05) is 29.8 Å². The number of benzene rings is 3. The van der Waals surface area contributed by atoms with Crippen LogP contribution in [0.3, 0.4) is 0 Å². The number of rotatable bonds is 3. The van der Waals surface area contributed by atoms with Gasteiger partial charge in [0.25, 0.3) is 0 Å². The standard InChI is InChI=1S/C25H29O2P/c1-14-10-19(6)25(20(7)11-14)28(21-12-15(2)8-17(4)23(21)26)22-13-16(3)9-18(5)24(22)27/h8-13,26-27H,1-7H3. The van der Waals surface area contributed by atoms with Gasteiger partial charge in [0.05, 0.1) is 0 Å². The maximum atomic E-state index is 11.0. The van der Waals surface area contributed by atoms with Crippen molar-refractivity contribution in [3.05, 3.63) is 75.3 Å². The van der Waals surface area contributed by atoms with E-state index in [1.807, 2.05) is 26.0 Å². The summed E-state index contributed by atoms with van der Waals surface area (Å²) < 4.78 is 0. The van der Waals surface area contributed by atoms with Crippen molar-refractivity contribution in [2.75, 3.05) is 0 Å². The Morgan fingerprint density at radius 2 is 0.821 bits per heavy atom. The van der Waals surface area contributed by atoms with Gasteiger partial charge >= 0.3 is 0 Å². The lowest BCUT2D eigenvalue weighted by atomic mass is 10.1. The van der Waals surface area contributed by atoms with E-state index in [0.29, 0.717) is 11.5 Å². The van der Waals surface area contributed by atoms with E-state index >= 15 is 0 Å². The lowest BCUT2D eigenvalue weighted by molar-refractivity contribution is 0.475. The molecule has 3 rings (SSSR count). The van der Waals surface area contributed by atoms with Gasteiger partial charge in [-0.25, -0.2) is 0 Å². The maximum Gasteiger partial charge on any atom is 0.126 e. The zero-order valence-corrected chi connectivity index (χ0v) is 18.7. The topological polar surface area (TPSA) is 40.5 Å². The normalized spacial score (nSPS) is 11.3. The quantitative estimate of drug-likeness (QED) is 0.615. The molecule has 0 aromatic heterocycles. The van der Waals surface area contributed by atoms with E-state index in [-0.39, 0.29) is 0 Å². The Labute approximate surface area is 169 Å². The minimum absolute atomic E-state index is 0.328. The molecule has 0 aliphatic heterocycles. The molecule has 3 aromatic carbocycles. The van der Waals surface area contributed by atoms with E-state index in [1.54, 1.807) is 0 Å². The highest BCUT2D eigenvalue weighted by molar-refractivity contribution is 7.80. The van der Waals surface area contributed by atoms with Crippen LogP contribution >= 0.6 is 7.92 Å². The van der Waals surface area contributed by atoms with Crippen LogP contribution in [0.4, 0.5) is 0 Å². The molecular formula is C25H29O2P. The van der Waals surface area contributed by atoms with Gasteiger partial charge in [0.1, 0.15) is 11.5 Å². The Morgan fingerprint density at radius 1 is 0.500 bits per heavy atom. The molecule has 0 unspecified atom stereocenters. The van der Waals surface area contributed by atoms with Crippen LogP contribution in [0.25, 0.3) is 0 Å². The van der Waals surface area contributed by atoms with Crippen molar-refractivity contribution in [1.82, 2.24) is 0 Å². The van der Waals surface area contributed by atoms with E-state index in [2.05, 4.69) is 58.9 Å². The van der Waals surface area contributed by atoms with Crippen LogP contribution < -0.4 is 15.9 Å². The fraction of sp³-hybridized carbons (Fsp3) is 0.280. The summed E-state index contributed by atoms with van der Waals surface area (Å²) in [5.74, 6) is 0.657. The zero-order valence-electron chi connectivity index (χ0n) is 17.8. The summed E-state index contributed by atoms with van der Waals surface area (Å²) >= 11 is 0. The van der Waals surface area contributed by atoms with Crippen molar-refractivity contribution in [1.29, 1.82) is 0 Å². The van der Waals surface area contributed by atoms with Gasteiger partial charge in [-0.05, 0) is 107 Å². The SMILES string of the molecule is Cc1cc(C)c(P(c2cc(C)cc(C)c2O)c2cc(C)cc(C)c2O)c(C)c1. The number of aromatic hydroxyl groups is 2. The maximum absolute atomic E-state index is 11.0. The smallest absolute Gasteiger partial charge is 0.126 e. The minimum atomic E-state index is -1.11. The monoisotopic (exact) mass is 392 g/mol. The minimum Gasteiger partial charge on any atom is -0.507 e. The highest BCUT2D eigenvalue weighted by Crippen LogP contribution is 2.43.